The smallest absolute Gasteiger partial charge is 0.163 e. The van der Waals surface area contributed by atoms with Gasteiger partial charge in [0.1, 0.15) is 11.4 Å². The number of rotatable bonds is 2. The molecule has 3 heteroatoms. The molecule has 0 fully saturated rings. The first-order valence-electron chi connectivity index (χ1n) is 7.94. The maximum Gasteiger partial charge on any atom is 0.163 e. The first-order chi connectivity index (χ1) is 11.3. The van der Waals surface area contributed by atoms with Crippen molar-refractivity contribution in [2.75, 3.05) is 0 Å². The van der Waals surface area contributed by atoms with Crippen molar-refractivity contribution in [2.45, 2.75) is 25.7 Å². The average Bonchev–Trinajstić information content (AvgIpc) is 2.84. The van der Waals surface area contributed by atoms with Crippen molar-refractivity contribution < 1.29 is 4.52 Å². The highest BCUT2D eigenvalue weighted by molar-refractivity contribution is 6.03. The number of aliphatic imine (C=N–C) groups is 1. The van der Waals surface area contributed by atoms with Crippen molar-refractivity contribution in [3.8, 4) is 0 Å². The molecule has 0 unspecified atom stereocenters. The van der Waals surface area contributed by atoms with Crippen molar-refractivity contribution in [2.24, 2.45) is 4.99 Å². The van der Waals surface area contributed by atoms with Crippen molar-refractivity contribution >= 4 is 11.4 Å². The summed E-state index contributed by atoms with van der Waals surface area (Å²) in [5, 5.41) is 4.11. The largest absolute Gasteiger partial charge is 0.359 e. The molecule has 2 heterocycles. The van der Waals surface area contributed by atoms with Crippen LogP contribution in [0.5, 0.6) is 0 Å². The van der Waals surface area contributed by atoms with Gasteiger partial charge in [-0.25, -0.2) is 4.99 Å². The van der Waals surface area contributed by atoms with Gasteiger partial charge in [0.05, 0.1) is 0 Å². The first-order valence-corrected chi connectivity index (χ1v) is 7.94. The van der Waals surface area contributed by atoms with E-state index in [2.05, 4.69) is 59.8 Å². The van der Waals surface area contributed by atoms with E-state index in [1.807, 2.05) is 13.0 Å². The number of fused-ring (bicyclic) bond motifs is 1. The predicted octanol–water partition coefficient (Wildman–Crippen LogP) is 4.83. The summed E-state index contributed by atoms with van der Waals surface area (Å²) in [6, 6.07) is 21.0. The summed E-state index contributed by atoms with van der Waals surface area (Å²) in [6.45, 7) is 1.96. The van der Waals surface area contributed by atoms with Crippen LogP contribution >= 0.6 is 0 Å². The van der Waals surface area contributed by atoms with Crippen LogP contribution in [-0.4, -0.2) is 10.9 Å². The maximum absolute atomic E-state index is 5.55. The van der Waals surface area contributed by atoms with Gasteiger partial charge in [0.15, 0.2) is 5.76 Å². The van der Waals surface area contributed by atoms with Crippen LogP contribution in [0.3, 0.4) is 0 Å². The molecule has 0 amide bonds. The van der Waals surface area contributed by atoms with Gasteiger partial charge in [-0.1, -0.05) is 65.8 Å². The third-order valence-electron chi connectivity index (χ3n) is 4.40. The highest BCUT2D eigenvalue weighted by Crippen LogP contribution is 2.36. The van der Waals surface area contributed by atoms with Gasteiger partial charge in [-0.15, -0.1) is 0 Å². The van der Waals surface area contributed by atoms with Crippen LogP contribution in [0, 0.1) is 6.92 Å². The van der Waals surface area contributed by atoms with E-state index in [-0.39, 0.29) is 0 Å². The molecular formula is C20H18N2O. The van der Waals surface area contributed by atoms with E-state index in [1.54, 1.807) is 0 Å². The van der Waals surface area contributed by atoms with E-state index in [0.29, 0.717) is 5.92 Å². The molecule has 0 radical (unpaired) electrons. The minimum atomic E-state index is 0.351. The summed E-state index contributed by atoms with van der Waals surface area (Å²) in [6.07, 6.45) is 1.73. The van der Waals surface area contributed by atoms with Gasteiger partial charge in [0.2, 0.25) is 0 Å². The molecule has 0 bridgehead atoms. The van der Waals surface area contributed by atoms with Gasteiger partial charge in [-0.3, -0.25) is 0 Å². The van der Waals surface area contributed by atoms with Gasteiger partial charge in [0.25, 0.3) is 0 Å². The molecular weight excluding hydrogens is 284 g/mol. The fraction of sp³-hybridized carbons (Fsp3) is 0.200. The fourth-order valence-electron chi connectivity index (χ4n) is 3.17. The van der Waals surface area contributed by atoms with Crippen molar-refractivity contribution in [1.29, 1.82) is 0 Å². The third-order valence-corrected chi connectivity index (χ3v) is 4.40. The fourth-order valence-corrected chi connectivity index (χ4v) is 3.17. The number of hydrogen-bond donors (Lipinski definition) is 0. The second kappa shape index (κ2) is 5.84. The second-order valence-corrected chi connectivity index (χ2v) is 5.98. The number of aryl methyl sites for hydroxylation is 1. The summed E-state index contributed by atoms with van der Waals surface area (Å²) in [5.74, 6) is 1.24. The molecule has 0 spiro atoms. The average molecular weight is 302 g/mol. The highest BCUT2D eigenvalue weighted by atomic mass is 16.5. The Balaban J connectivity index is 1.81. The van der Waals surface area contributed by atoms with Gasteiger partial charge in [-0.2, -0.15) is 0 Å². The Kier molecular flexibility index (Phi) is 3.54. The minimum absolute atomic E-state index is 0.351. The van der Waals surface area contributed by atoms with Crippen molar-refractivity contribution in [3.05, 3.63) is 83.2 Å². The van der Waals surface area contributed by atoms with Crippen molar-refractivity contribution in [1.82, 2.24) is 5.16 Å². The lowest BCUT2D eigenvalue weighted by atomic mass is 9.88. The van der Waals surface area contributed by atoms with E-state index in [4.69, 9.17) is 9.52 Å². The third kappa shape index (κ3) is 2.70. The molecule has 1 atom stereocenters. The monoisotopic (exact) mass is 302 g/mol. The quantitative estimate of drug-likeness (QED) is 0.679. The van der Waals surface area contributed by atoms with E-state index in [9.17, 15) is 0 Å². The Morgan fingerprint density at radius 1 is 0.913 bits per heavy atom. The zero-order valence-corrected chi connectivity index (χ0v) is 13.1. The molecule has 3 aromatic rings. The van der Waals surface area contributed by atoms with Gasteiger partial charge >= 0.3 is 0 Å². The van der Waals surface area contributed by atoms with Crippen LogP contribution in [-0.2, 0) is 6.42 Å². The van der Waals surface area contributed by atoms with Crippen LogP contribution < -0.4 is 0 Å². The van der Waals surface area contributed by atoms with Gasteiger partial charge in [0, 0.05) is 12.1 Å². The molecule has 2 aromatic carbocycles. The summed E-state index contributed by atoms with van der Waals surface area (Å²) in [4.78, 5) is 4.91. The van der Waals surface area contributed by atoms with E-state index < -0.39 is 0 Å². The lowest BCUT2D eigenvalue weighted by molar-refractivity contribution is 0.373. The lowest BCUT2D eigenvalue weighted by Gasteiger charge is -2.15. The number of aromatic nitrogens is 1. The zero-order valence-electron chi connectivity index (χ0n) is 13.1. The molecule has 1 aromatic heterocycles. The Hall–Kier alpha value is -2.68. The Morgan fingerprint density at radius 3 is 2.35 bits per heavy atom. The molecule has 3 nitrogen and oxygen atoms in total. The molecule has 0 aliphatic carbocycles. The lowest BCUT2D eigenvalue weighted by Crippen LogP contribution is -2.09. The van der Waals surface area contributed by atoms with Crippen LogP contribution in [0.15, 0.2) is 70.2 Å². The Labute approximate surface area is 135 Å². The van der Waals surface area contributed by atoms with Crippen LogP contribution in [0.25, 0.3) is 0 Å². The molecule has 0 saturated carbocycles. The summed E-state index contributed by atoms with van der Waals surface area (Å²) in [5.41, 5.74) is 5.36. The van der Waals surface area contributed by atoms with Crippen LogP contribution in [0.2, 0.25) is 0 Å². The van der Waals surface area contributed by atoms with E-state index in [0.717, 1.165) is 35.7 Å². The Morgan fingerprint density at radius 2 is 1.61 bits per heavy atom. The summed E-state index contributed by atoms with van der Waals surface area (Å²) in [7, 11) is 0. The van der Waals surface area contributed by atoms with Crippen LogP contribution in [0.4, 0.5) is 5.69 Å². The normalized spacial score (nSPS) is 17.3. The standard InChI is InChI=1S/C20H18N2O/c1-14-20-19(23-22-14)13-17(15-8-4-2-5-9-15)12-18(21-20)16-10-6-3-7-11-16/h2-11,17H,12-13H2,1H3/t17-/m1/s1. The number of nitrogens with zero attached hydrogens (tertiary/aromatic N) is 2. The van der Waals surface area contributed by atoms with Crippen molar-refractivity contribution in [3.63, 3.8) is 0 Å². The molecule has 4 rings (SSSR count). The molecule has 0 saturated heterocycles. The van der Waals surface area contributed by atoms with E-state index in [1.165, 1.54) is 11.1 Å². The first kappa shape index (κ1) is 13.9. The summed E-state index contributed by atoms with van der Waals surface area (Å²) < 4.78 is 5.55. The van der Waals surface area contributed by atoms with E-state index >= 15 is 0 Å². The number of benzene rings is 2. The maximum atomic E-state index is 5.55. The topological polar surface area (TPSA) is 38.4 Å². The predicted molar refractivity (Wildman–Crippen MR) is 91.4 cm³/mol. The van der Waals surface area contributed by atoms with Gasteiger partial charge < -0.3 is 4.52 Å². The molecule has 0 N–H and O–H groups in total. The minimum Gasteiger partial charge on any atom is -0.359 e. The zero-order chi connectivity index (χ0) is 15.6. The molecule has 1 aliphatic rings. The number of hydrogen-bond acceptors (Lipinski definition) is 3. The second-order valence-electron chi connectivity index (χ2n) is 5.98. The molecule has 23 heavy (non-hydrogen) atoms. The SMILES string of the molecule is Cc1noc2c1N=C(c1ccccc1)C[C@@H](c1ccccc1)C2. The van der Waals surface area contributed by atoms with Gasteiger partial charge in [-0.05, 0) is 30.4 Å². The van der Waals surface area contributed by atoms with Crippen LogP contribution in [0.1, 0.15) is 34.9 Å². The molecule has 1 aliphatic heterocycles. The Bertz CT molecular complexity index is 835. The summed E-state index contributed by atoms with van der Waals surface area (Å²) >= 11 is 0. The molecule has 114 valence electrons. The highest BCUT2D eigenvalue weighted by Gasteiger charge is 2.25.